The molecule has 2 N–H and O–H groups in total. The van der Waals surface area contributed by atoms with Crippen LogP contribution >= 0.6 is 0 Å². The zero-order valence-electron chi connectivity index (χ0n) is 17.1. The van der Waals surface area contributed by atoms with E-state index in [0.29, 0.717) is 11.4 Å². The number of hydrogen-bond donors (Lipinski definition) is 2. The molecule has 2 aromatic rings. The van der Waals surface area contributed by atoms with Crippen LogP contribution in [0, 0.1) is 17.2 Å². The minimum Gasteiger partial charge on any atom is -0.497 e. The SMILES string of the molecule is COc1ccc(NC(=O)C(C#N)C(=O)c2ncccc2NC(=O)OC(C)(C)C)cc1. The molecule has 9 nitrogen and oxygen atoms in total. The molecule has 1 atom stereocenters. The first-order valence-corrected chi connectivity index (χ1v) is 8.98. The van der Waals surface area contributed by atoms with Crippen molar-refractivity contribution in [2.24, 2.45) is 5.92 Å². The number of amides is 2. The Balaban J connectivity index is 2.19. The molecule has 9 heteroatoms. The summed E-state index contributed by atoms with van der Waals surface area (Å²) in [7, 11) is 1.51. The van der Waals surface area contributed by atoms with Gasteiger partial charge in [-0.25, -0.2) is 4.79 Å². The summed E-state index contributed by atoms with van der Waals surface area (Å²) >= 11 is 0. The van der Waals surface area contributed by atoms with Crippen molar-refractivity contribution < 1.29 is 23.9 Å². The molecule has 0 saturated heterocycles. The van der Waals surface area contributed by atoms with Gasteiger partial charge in [0.2, 0.25) is 11.7 Å². The molecule has 156 valence electrons. The van der Waals surface area contributed by atoms with Gasteiger partial charge in [-0.1, -0.05) is 0 Å². The summed E-state index contributed by atoms with van der Waals surface area (Å²) < 4.78 is 10.2. The number of carbonyl (C=O) groups excluding carboxylic acids is 3. The van der Waals surface area contributed by atoms with Crippen molar-refractivity contribution in [1.82, 2.24) is 4.98 Å². The number of Topliss-reactive ketones (excluding diaryl/α,β-unsaturated/α-hetero) is 1. The van der Waals surface area contributed by atoms with E-state index in [2.05, 4.69) is 15.6 Å². The molecular weight excluding hydrogens is 388 g/mol. The third-order valence-corrected chi connectivity index (χ3v) is 3.69. The highest BCUT2D eigenvalue weighted by Gasteiger charge is 2.31. The predicted octanol–water partition coefficient (Wildman–Crippen LogP) is 3.40. The van der Waals surface area contributed by atoms with Crippen LogP contribution in [0.1, 0.15) is 31.3 Å². The lowest BCUT2D eigenvalue weighted by Gasteiger charge is -2.20. The summed E-state index contributed by atoms with van der Waals surface area (Å²) in [6.45, 7) is 5.07. The standard InChI is InChI=1S/C21H22N4O5/c1-21(2,3)30-20(28)25-16-6-5-11-23-17(16)18(26)15(12-22)19(27)24-13-7-9-14(29-4)10-8-13/h5-11,15H,1-4H3,(H,24,27)(H,25,28). The Morgan fingerprint density at radius 2 is 1.77 bits per heavy atom. The lowest BCUT2D eigenvalue weighted by Crippen LogP contribution is -2.31. The Kier molecular flexibility index (Phi) is 7.09. The van der Waals surface area contributed by atoms with E-state index < -0.39 is 29.3 Å². The molecule has 0 bridgehead atoms. The van der Waals surface area contributed by atoms with Gasteiger partial charge >= 0.3 is 6.09 Å². The highest BCUT2D eigenvalue weighted by molar-refractivity contribution is 6.17. The highest BCUT2D eigenvalue weighted by Crippen LogP contribution is 2.20. The van der Waals surface area contributed by atoms with Crippen LogP contribution in [0.3, 0.4) is 0 Å². The minimum atomic E-state index is -1.67. The van der Waals surface area contributed by atoms with Crippen LogP contribution in [-0.2, 0) is 9.53 Å². The number of anilines is 2. The molecular formula is C21H22N4O5. The van der Waals surface area contributed by atoms with Gasteiger partial charge in [-0.05, 0) is 57.2 Å². The largest absolute Gasteiger partial charge is 0.497 e. The number of nitrogens with zero attached hydrogens (tertiary/aromatic N) is 2. The fourth-order valence-electron chi connectivity index (χ4n) is 2.38. The Bertz CT molecular complexity index is 974. The van der Waals surface area contributed by atoms with Crippen molar-refractivity contribution in [2.75, 3.05) is 17.7 Å². The molecule has 0 radical (unpaired) electrons. The first-order chi connectivity index (χ1) is 14.1. The smallest absolute Gasteiger partial charge is 0.412 e. The summed E-state index contributed by atoms with van der Waals surface area (Å²) in [5, 5.41) is 14.4. The van der Waals surface area contributed by atoms with E-state index in [1.165, 1.54) is 25.4 Å². The van der Waals surface area contributed by atoms with Gasteiger partial charge in [0.15, 0.2) is 5.92 Å². The van der Waals surface area contributed by atoms with Gasteiger partial charge in [-0.2, -0.15) is 5.26 Å². The maximum Gasteiger partial charge on any atom is 0.412 e. The van der Waals surface area contributed by atoms with Gasteiger partial charge < -0.3 is 14.8 Å². The maximum absolute atomic E-state index is 12.8. The van der Waals surface area contributed by atoms with E-state index in [-0.39, 0.29) is 11.4 Å². The van der Waals surface area contributed by atoms with Crippen LogP contribution in [0.4, 0.5) is 16.2 Å². The van der Waals surface area contributed by atoms with Gasteiger partial charge in [-0.3, -0.25) is 19.9 Å². The number of nitrogens with one attached hydrogen (secondary N) is 2. The van der Waals surface area contributed by atoms with Crippen molar-refractivity contribution in [3.63, 3.8) is 0 Å². The molecule has 0 fully saturated rings. The Morgan fingerprint density at radius 3 is 2.33 bits per heavy atom. The lowest BCUT2D eigenvalue weighted by molar-refractivity contribution is -0.117. The van der Waals surface area contributed by atoms with Crippen molar-refractivity contribution in [3.05, 3.63) is 48.3 Å². The Labute approximate surface area is 174 Å². The van der Waals surface area contributed by atoms with Crippen LogP contribution in [-0.4, -0.2) is 35.5 Å². The second-order valence-electron chi connectivity index (χ2n) is 7.17. The molecule has 0 saturated carbocycles. The summed E-state index contributed by atoms with van der Waals surface area (Å²) in [5.74, 6) is -2.75. The monoisotopic (exact) mass is 410 g/mol. The summed E-state index contributed by atoms with van der Waals surface area (Å²) in [4.78, 5) is 41.3. The van der Waals surface area contributed by atoms with Gasteiger partial charge in [0.25, 0.3) is 0 Å². The molecule has 0 aliphatic rings. The number of nitriles is 1. The van der Waals surface area contributed by atoms with Crippen LogP contribution < -0.4 is 15.4 Å². The minimum absolute atomic E-state index is 0.0363. The Hall–Kier alpha value is -3.93. The number of aromatic nitrogens is 1. The molecule has 0 aliphatic heterocycles. The van der Waals surface area contributed by atoms with E-state index in [1.807, 2.05) is 0 Å². The average molecular weight is 410 g/mol. The molecule has 2 amide bonds. The highest BCUT2D eigenvalue weighted by atomic mass is 16.6. The lowest BCUT2D eigenvalue weighted by atomic mass is 10.0. The molecule has 2 rings (SSSR count). The fraction of sp³-hybridized carbons (Fsp3) is 0.286. The van der Waals surface area contributed by atoms with Crippen molar-refractivity contribution in [1.29, 1.82) is 5.26 Å². The molecule has 30 heavy (non-hydrogen) atoms. The summed E-state index contributed by atoms with van der Waals surface area (Å²) in [5.41, 5.74) is -0.541. The number of ether oxygens (including phenoxy) is 2. The number of benzene rings is 1. The normalized spacial score (nSPS) is 11.6. The summed E-state index contributed by atoms with van der Waals surface area (Å²) in [6, 6.07) is 11.0. The van der Waals surface area contributed by atoms with Gasteiger partial charge in [0.05, 0.1) is 18.9 Å². The van der Waals surface area contributed by atoms with E-state index in [9.17, 15) is 19.6 Å². The fourth-order valence-corrected chi connectivity index (χ4v) is 2.38. The quantitative estimate of drug-likeness (QED) is 0.551. The van der Waals surface area contributed by atoms with Crippen LogP contribution in [0.15, 0.2) is 42.6 Å². The van der Waals surface area contributed by atoms with Crippen LogP contribution in [0.2, 0.25) is 0 Å². The van der Waals surface area contributed by atoms with Crippen molar-refractivity contribution in [2.45, 2.75) is 26.4 Å². The number of pyridine rings is 1. The number of carbonyl (C=O) groups is 3. The average Bonchev–Trinajstić information content (AvgIpc) is 2.68. The molecule has 0 aliphatic carbocycles. The van der Waals surface area contributed by atoms with E-state index >= 15 is 0 Å². The maximum atomic E-state index is 12.8. The number of ketones is 1. The molecule has 1 heterocycles. The van der Waals surface area contributed by atoms with E-state index in [0.717, 1.165) is 0 Å². The van der Waals surface area contributed by atoms with E-state index in [4.69, 9.17) is 9.47 Å². The number of rotatable bonds is 6. The topological polar surface area (TPSA) is 130 Å². The zero-order valence-corrected chi connectivity index (χ0v) is 17.1. The van der Waals surface area contributed by atoms with Gasteiger partial charge in [-0.15, -0.1) is 0 Å². The molecule has 1 unspecified atom stereocenters. The van der Waals surface area contributed by atoms with Crippen LogP contribution in [0.25, 0.3) is 0 Å². The van der Waals surface area contributed by atoms with Crippen molar-refractivity contribution in [3.8, 4) is 11.8 Å². The predicted molar refractivity (Wildman–Crippen MR) is 109 cm³/mol. The first-order valence-electron chi connectivity index (χ1n) is 8.98. The number of methoxy groups -OCH3 is 1. The number of hydrogen-bond acceptors (Lipinski definition) is 7. The first kappa shape index (κ1) is 22.4. The van der Waals surface area contributed by atoms with Gasteiger partial charge in [0, 0.05) is 11.9 Å². The van der Waals surface area contributed by atoms with Crippen molar-refractivity contribution >= 4 is 29.2 Å². The zero-order chi connectivity index (χ0) is 22.3. The second-order valence-corrected chi connectivity index (χ2v) is 7.17. The Morgan fingerprint density at radius 1 is 1.10 bits per heavy atom. The molecule has 1 aromatic heterocycles. The third kappa shape index (κ3) is 6.04. The molecule has 1 aromatic carbocycles. The second kappa shape index (κ2) is 9.52. The van der Waals surface area contributed by atoms with Crippen LogP contribution in [0.5, 0.6) is 5.75 Å². The third-order valence-electron chi connectivity index (χ3n) is 3.69. The van der Waals surface area contributed by atoms with E-state index in [1.54, 1.807) is 51.1 Å². The van der Waals surface area contributed by atoms with Gasteiger partial charge in [0.1, 0.15) is 17.0 Å². The molecule has 0 spiro atoms. The summed E-state index contributed by atoms with van der Waals surface area (Å²) in [6.07, 6.45) is 0.532.